The molecule has 0 radical (unpaired) electrons. The number of carbonyl (C=O) groups excluding carboxylic acids is 2. The van der Waals surface area contributed by atoms with Gasteiger partial charge in [-0.05, 0) is 25.0 Å². The van der Waals surface area contributed by atoms with E-state index in [1.54, 1.807) is 13.1 Å². The number of aryl methyl sites for hydroxylation is 1. The number of amides is 2. The van der Waals surface area contributed by atoms with Gasteiger partial charge in [-0.25, -0.2) is 4.39 Å². The summed E-state index contributed by atoms with van der Waals surface area (Å²) in [5, 5.41) is 7.45. The van der Waals surface area contributed by atoms with Crippen molar-refractivity contribution in [1.82, 2.24) is 20.4 Å². The summed E-state index contributed by atoms with van der Waals surface area (Å²) in [4.78, 5) is 30.3. The molecule has 31 heavy (non-hydrogen) atoms. The summed E-state index contributed by atoms with van der Waals surface area (Å²) in [6, 6.07) is 4.44. The highest BCUT2D eigenvalue weighted by molar-refractivity contribution is 6.31. The van der Waals surface area contributed by atoms with E-state index in [0.717, 1.165) is 38.5 Å². The molecular weight excluding hydrogens is 423 g/mol. The van der Waals surface area contributed by atoms with Crippen LogP contribution in [0.1, 0.15) is 69.1 Å². The first-order valence-corrected chi connectivity index (χ1v) is 11.0. The van der Waals surface area contributed by atoms with Crippen molar-refractivity contribution in [3.63, 3.8) is 0 Å². The van der Waals surface area contributed by atoms with Crippen molar-refractivity contribution in [1.29, 1.82) is 0 Å². The summed E-state index contributed by atoms with van der Waals surface area (Å²) < 4.78 is 19.4. The first-order chi connectivity index (χ1) is 14.8. The van der Waals surface area contributed by atoms with Gasteiger partial charge in [0.1, 0.15) is 11.4 Å². The van der Waals surface area contributed by atoms with Gasteiger partial charge in [0.2, 0.25) is 17.7 Å². The van der Waals surface area contributed by atoms with Crippen molar-refractivity contribution >= 4 is 23.4 Å². The molecule has 0 atom stereocenters. The molecular formula is C22H28ClFN4O3. The second kappa shape index (κ2) is 10.2. The zero-order valence-electron chi connectivity index (χ0n) is 17.9. The maximum Gasteiger partial charge on any atom is 0.227 e. The van der Waals surface area contributed by atoms with E-state index in [2.05, 4.69) is 15.5 Å². The third-order valence-electron chi connectivity index (χ3n) is 5.70. The zero-order valence-corrected chi connectivity index (χ0v) is 18.7. The number of nitrogens with one attached hydrogen (secondary N) is 1. The van der Waals surface area contributed by atoms with Crippen LogP contribution in [-0.4, -0.2) is 33.9 Å². The fourth-order valence-electron chi connectivity index (χ4n) is 4.04. The average molecular weight is 451 g/mol. The van der Waals surface area contributed by atoms with Gasteiger partial charge in [0.25, 0.3) is 0 Å². The van der Waals surface area contributed by atoms with Crippen molar-refractivity contribution < 1.29 is 18.5 Å². The number of aromatic nitrogens is 2. The minimum Gasteiger partial charge on any atom is -0.343 e. The van der Waals surface area contributed by atoms with E-state index in [-0.39, 0.29) is 41.8 Å². The fraction of sp³-hybridized carbons (Fsp3) is 0.545. The number of nitrogens with zero attached hydrogens (tertiary/aromatic N) is 3. The Kier molecular flexibility index (Phi) is 7.64. The van der Waals surface area contributed by atoms with Crippen LogP contribution in [0.4, 0.5) is 4.39 Å². The van der Waals surface area contributed by atoms with Gasteiger partial charge in [-0.3, -0.25) is 9.59 Å². The lowest BCUT2D eigenvalue weighted by Gasteiger charge is -2.30. The molecule has 0 aliphatic heterocycles. The topological polar surface area (TPSA) is 88.3 Å². The molecule has 1 fully saturated rings. The fourth-order valence-corrected chi connectivity index (χ4v) is 4.26. The molecule has 0 unspecified atom stereocenters. The maximum absolute atomic E-state index is 14.0. The molecule has 168 valence electrons. The Morgan fingerprint density at radius 2 is 1.97 bits per heavy atom. The average Bonchev–Trinajstić information content (AvgIpc) is 3.08. The van der Waals surface area contributed by atoms with E-state index in [1.165, 1.54) is 24.0 Å². The van der Waals surface area contributed by atoms with Crippen molar-refractivity contribution in [3.05, 3.63) is 46.3 Å². The lowest BCUT2D eigenvalue weighted by atomic mass is 9.89. The van der Waals surface area contributed by atoms with Crippen LogP contribution in [0.3, 0.4) is 0 Å². The Labute approximate surface area is 186 Å². The van der Waals surface area contributed by atoms with Gasteiger partial charge < -0.3 is 14.7 Å². The number of halogens is 2. The zero-order chi connectivity index (χ0) is 22.4. The third-order valence-corrected chi connectivity index (χ3v) is 6.06. The van der Waals surface area contributed by atoms with Crippen LogP contribution in [0.25, 0.3) is 0 Å². The largest absolute Gasteiger partial charge is 0.343 e. The summed E-state index contributed by atoms with van der Waals surface area (Å²) in [7, 11) is 1.60. The normalized spacial score (nSPS) is 15.9. The highest BCUT2D eigenvalue weighted by atomic mass is 35.5. The molecule has 1 N–H and O–H groups in total. The Morgan fingerprint density at radius 3 is 2.61 bits per heavy atom. The van der Waals surface area contributed by atoms with Gasteiger partial charge in [-0.2, -0.15) is 4.98 Å². The molecule has 1 aliphatic carbocycles. The molecule has 1 aliphatic rings. The molecule has 7 nitrogen and oxygen atoms in total. The second-order valence-corrected chi connectivity index (χ2v) is 8.55. The van der Waals surface area contributed by atoms with Crippen molar-refractivity contribution in [3.8, 4) is 0 Å². The molecule has 1 heterocycles. The van der Waals surface area contributed by atoms with E-state index in [0.29, 0.717) is 11.7 Å². The lowest BCUT2D eigenvalue weighted by molar-refractivity contribution is -0.130. The van der Waals surface area contributed by atoms with Gasteiger partial charge in [-0.15, -0.1) is 0 Å². The van der Waals surface area contributed by atoms with Crippen LogP contribution in [0.2, 0.25) is 5.02 Å². The van der Waals surface area contributed by atoms with Crippen LogP contribution in [0.15, 0.2) is 22.7 Å². The summed E-state index contributed by atoms with van der Waals surface area (Å²) >= 11 is 6.05. The van der Waals surface area contributed by atoms with Crippen LogP contribution in [0, 0.1) is 5.82 Å². The maximum atomic E-state index is 14.0. The van der Waals surface area contributed by atoms with Crippen LogP contribution in [-0.2, 0) is 28.1 Å². The van der Waals surface area contributed by atoms with Crippen molar-refractivity contribution in [2.45, 2.75) is 70.4 Å². The summed E-state index contributed by atoms with van der Waals surface area (Å²) in [5.41, 5.74) is -0.336. The molecule has 9 heteroatoms. The van der Waals surface area contributed by atoms with Gasteiger partial charge in [0.05, 0.1) is 0 Å². The molecule has 2 aromatic rings. The number of hydrogen-bond donors (Lipinski definition) is 1. The first-order valence-electron chi connectivity index (χ1n) is 10.6. The van der Waals surface area contributed by atoms with Crippen molar-refractivity contribution in [2.24, 2.45) is 0 Å². The van der Waals surface area contributed by atoms with Crippen LogP contribution >= 0.6 is 11.6 Å². The smallest absolute Gasteiger partial charge is 0.227 e. The summed E-state index contributed by atoms with van der Waals surface area (Å²) in [5.74, 6) is 0.0514. The quantitative estimate of drug-likeness (QED) is 0.640. The lowest BCUT2D eigenvalue weighted by Crippen LogP contribution is -2.45. The molecule has 0 spiro atoms. The minimum atomic E-state index is -0.619. The molecule has 2 amide bonds. The van der Waals surface area contributed by atoms with Crippen LogP contribution in [0.5, 0.6) is 0 Å². The number of rotatable bonds is 7. The van der Waals surface area contributed by atoms with Gasteiger partial charge in [0, 0.05) is 43.9 Å². The first kappa shape index (κ1) is 23.2. The SMILES string of the molecule is CC(=O)NC1(c2noc(CCC(=O)N(C)Cc3c(F)cccc3Cl)n2)CCCCCC1. The highest BCUT2D eigenvalue weighted by Crippen LogP contribution is 2.34. The molecule has 1 aromatic carbocycles. The summed E-state index contributed by atoms with van der Waals surface area (Å²) in [6.45, 7) is 1.56. The van der Waals surface area contributed by atoms with Gasteiger partial charge in [-0.1, -0.05) is 48.5 Å². The van der Waals surface area contributed by atoms with E-state index in [9.17, 15) is 14.0 Å². The molecule has 3 rings (SSSR count). The van der Waals surface area contributed by atoms with E-state index in [4.69, 9.17) is 16.1 Å². The Morgan fingerprint density at radius 1 is 1.26 bits per heavy atom. The molecule has 1 aromatic heterocycles. The standard InChI is InChI=1S/C22H28ClFN4O3/c1-15(29)26-22(12-5-3-4-6-13-22)21-25-19(31-27-21)10-11-20(30)28(2)14-16-17(23)8-7-9-18(16)24/h7-9H,3-6,10-14H2,1-2H3,(H,26,29). The predicted octanol–water partition coefficient (Wildman–Crippen LogP) is 4.14. The molecule has 0 bridgehead atoms. The third kappa shape index (κ3) is 5.81. The van der Waals surface area contributed by atoms with E-state index < -0.39 is 11.4 Å². The van der Waals surface area contributed by atoms with Crippen LogP contribution < -0.4 is 5.32 Å². The highest BCUT2D eigenvalue weighted by Gasteiger charge is 2.38. The molecule has 0 saturated heterocycles. The Hall–Kier alpha value is -2.48. The Bertz CT molecular complexity index is 905. The predicted molar refractivity (Wildman–Crippen MR) is 114 cm³/mol. The van der Waals surface area contributed by atoms with Gasteiger partial charge >= 0.3 is 0 Å². The Balaban J connectivity index is 1.63. The number of hydrogen-bond acceptors (Lipinski definition) is 5. The monoisotopic (exact) mass is 450 g/mol. The number of carbonyl (C=O) groups is 2. The van der Waals surface area contributed by atoms with E-state index in [1.807, 2.05) is 0 Å². The molecule has 1 saturated carbocycles. The number of benzene rings is 1. The summed E-state index contributed by atoms with van der Waals surface area (Å²) in [6.07, 6.45) is 6.10. The van der Waals surface area contributed by atoms with E-state index >= 15 is 0 Å². The minimum absolute atomic E-state index is 0.0745. The van der Waals surface area contributed by atoms with Crippen molar-refractivity contribution in [2.75, 3.05) is 7.05 Å². The van der Waals surface area contributed by atoms with Gasteiger partial charge in [0.15, 0.2) is 5.82 Å². The second-order valence-electron chi connectivity index (χ2n) is 8.14.